The Morgan fingerprint density at radius 3 is 2.22 bits per heavy atom. The maximum absolute atomic E-state index is 14.3. The minimum atomic E-state index is -0.833. The van der Waals surface area contributed by atoms with Crippen LogP contribution >= 0.6 is 0 Å². The highest BCUT2D eigenvalue weighted by atomic mass is 16.7. The summed E-state index contributed by atoms with van der Waals surface area (Å²) in [6.45, 7) is 7.08. The van der Waals surface area contributed by atoms with Gasteiger partial charge in [-0.2, -0.15) is 5.06 Å². The van der Waals surface area contributed by atoms with Crippen LogP contribution in [-0.2, 0) is 24.6 Å². The molecule has 10 heteroatoms. The Kier molecular flexibility index (Phi) is 10.3. The van der Waals surface area contributed by atoms with Crippen LogP contribution in [0, 0.1) is 5.41 Å². The van der Waals surface area contributed by atoms with Crippen LogP contribution in [0.15, 0.2) is 109 Å². The molecule has 0 saturated heterocycles. The van der Waals surface area contributed by atoms with Gasteiger partial charge in [0, 0.05) is 86.3 Å². The Morgan fingerprint density at radius 2 is 1.59 bits per heavy atom. The van der Waals surface area contributed by atoms with Crippen molar-refractivity contribution in [1.82, 2.24) is 5.06 Å². The van der Waals surface area contributed by atoms with E-state index in [1.807, 2.05) is 86.9 Å². The number of anilines is 2. The third-order valence-corrected chi connectivity index (χ3v) is 10.6. The molecule has 1 fully saturated rings. The van der Waals surface area contributed by atoms with Gasteiger partial charge in [-0.1, -0.05) is 79.7 Å². The van der Waals surface area contributed by atoms with Crippen LogP contribution in [0.1, 0.15) is 80.0 Å². The first-order chi connectivity index (χ1) is 25.8. The molecule has 4 aromatic carbocycles. The second kappa shape index (κ2) is 14.8. The molecule has 2 N–H and O–H groups in total. The van der Waals surface area contributed by atoms with E-state index in [-0.39, 0.29) is 29.6 Å². The number of carboxylic acids is 1. The summed E-state index contributed by atoms with van der Waals surface area (Å²) in [7, 11) is 4.01. The van der Waals surface area contributed by atoms with Crippen molar-refractivity contribution in [3.8, 4) is 0 Å². The number of hydrogen-bond acceptors (Lipinski definition) is 8. The third kappa shape index (κ3) is 6.57. The summed E-state index contributed by atoms with van der Waals surface area (Å²) >= 11 is 0. The van der Waals surface area contributed by atoms with Gasteiger partial charge in [0.15, 0.2) is 5.78 Å². The van der Waals surface area contributed by atoms with E-state index in [1.165, 1.54) is 6.92 Å². The number of aliphatic carboxylic acids is 1. The summed E-state index contributed by atoms with van der Waals surface area (Å²) in [6.07, 6.45) is 7.55. The van der Waals surface area contributed by atoms with Crippen molar-refractivity contribution in [3.05, 3.63) is 131 Å². The van der Waals surface area contributed by atoms with Crippen LogP contribution in [0.5, 0.6) is 0 Å². The zero-order valence-corrected chi connectivity index (χ0v) is 31.6. The second-order valence-corrected chi connectivity index (χ2v) is 14.2. The van der Waals surface area contributed by atoms with Gasteiger partial charge < -0.3 is 25.2 Å². The molecule has 0 aromatic heterocycles. The van der Waals surface area contributed by atoms with Crippen molar-refractivity contribution in [2.45, 2.75) is 64.0 Å². The Hall–Kier alpha value is -6.03. The van der Waals surface area contributed by atoms with Gasteiger partial charge in [0.05, 0.1) is 5.54 Å². The molecule has 0 bridgehead atoms. The molecule has 2 aliphatic carbocycles. The van der Waals surface area contributed by atoms with Gasteiger partial charge in [0.1, 0.15) is 6.04 Å². The number of hydroxylamine groups is 2. The molecule has 3 aliphatic rings. The molecule has 0 spiro atoms. The van der Waals surface area contributed by atoms with Crippen LogP contribution in [-0.4, -0.2) is 65.7 Å². The number of fused-ring (bicyclic) bond motifs is 2. The molecular formula is C44H46N4O6. The van der Waals surface area contributed by atoms with Gasteiger partial charge in [0.2, 0.25) is 0 Å². The van der Waals surface area contributed by atoms with E-state index < -0.39 is 23.9 Å². The van der Waals surface area contributed by atoms with Crippen molar-refractivity contribution in [2.24, 2.45) is 0 Å². The highest BCUT2D eigenvalue weighted by Gasteiger charge is 2.74. The largest absolute Gasteiger partial charge is 0.481 e. The van der Waals surface area contributed by atoms with Crippen LogP contribution in [0.25, 0.3) is 10.8 Å². The van der Waals surface area contributed by atoms with Gasteiger partial charge in [-0.25, -0.2) is 4.79 Å². The summed E-state index contributed by atoms with van der Waals surface area (Å²) in [4.78, 5) is 58.4. The van der Waals surface area contributed by atoms with E-state index in [4.69, 9.17) is 14.7 Å². The predicted octanol–water partition coefficient (Wildman–Crippen LogP) is 7.81. The van der Waals surface area contributed by atoms with Crippen molar-refractivity contribution in [2.75, 3.05) is 30.4 Å². The maximum Gasteiger partial charge on any atom is 0.332 e. The number of nitrogens with zero attached hydrogens (tertiary/aromatic N) is 3. The molecule has 54 heavy (non-hydrogen) atoms. The van der Waals surface area contributed by atoms with E-state index in [0.29, 0.717) is 16.8 Å². The number of benzene rings is 4. The summed E-state index contributed by atoms with van der Waals surface area (Å²) in [5.41, 5.74) is 5.79. The van der Waals surface area contributed by atoms with E-state index in [2.05, 4.69) is 47.1 Å². The summed E-state index contributed by atoms with van der Waals surface area (Å²) in [6, 6.07) is 26.8. The van der Waals surface area contributed by atoms with E-state index >= 15 is 0 Å². The molecule has 1 saturated carbocycles. The summed E-state index contributed by atoms with van der Waals surface area (Å²) < 4.78 is 0. The number of carbonyl (C=O) groups is 4. The number of carbonyl (C=O) groups excluding carboxylic acids is 3. The van der Waals surface area contributed by atoms with Crippen LogP contribution < -0.4 is 9.80 Å². The average molecular weight is 727 g/mol. The number of hydrogen-bond donors (Lipinski definition) is 2. The number of nitrogens with one attached hydrogen (secondary N) is 1. The first-order valence-corrected chi connectivity index (χ1v) is 18.2. The van der Waals surface area contributed by atoms with Crippen molar-refractivity contribution in [1.29, 1.82) is 5.41 Å². The second-order valence-electron chi connectivity index (χ2n) is 14.2. The highest BCUT2D eigenvalue weighted by Crippen LogP contribution is 2.72. The first kappa shape index (κ1) is 37.7. The maximum atomic E-state index is 14.3. The van der Waals surface area contributed by atoms with Gasteiger partial charge in [-0.15, -0.1) is 0 Å². The van der Waals surface area contributed by atoms with Gasteiger partial charge in [-0.3, -0.25) is 14.4 Å². The van der Waals surface area contributed by atoms with Crippen LogP contribution in [0.4, 0.5) is 11.4 Å². The van der Waals surface area contributed by atoms with Crippen molar-refractivity contribution >= 4 is 51.5 Å². The fraction of sp³-hybridized carbons (Fsp3) is 0.295. The third-order valence-electron chi connectivity index (χ3n) is 10.6. The number of carboxylic acid groups (broad SMARTS) is 1. The normalized spacial score (nSPS) is 19.2. The number of ketones is 1. The van der Waals surface area contributed by atoms with Gasteiger partial charge in [-0.05, 0) is 65.8 Å². The fourth-order valence-corrected chi connectivity index (χ4v) is 8.13. The quantitative estimate of drug-likeness (QED) is 0.0962. The minimum Gasteiger partial charge on any atom is -0.481 e. The lowest BCUT2D eigenvalue weighted by molar-refractivity contribution is -0.206. The minimum absolute atomic E-state index is 0.0214. The molecule has 3 atom stereocenters. The molecule has 278 valence electrons. The Balaban J connectivity index is 0.00000119. The fourth-order valence-electron chi connectivity index (χ4n) is 8.13. The molecule has 1 aliphatic heterocycles. The lowest BCUT2D eigenvalue weighted by atomic mass is 9.83. The Bertz CT molecular complexity index is 2220. The van der Waals surface area contributed by atoms with E-state index in [1.54, 1.807) is 6.92 Å². The molecular weight excluding hydrogens is 681 g/mol. The van der Waals surface area contributed by atoms with Gasteiger partial charge >= 0.3 is 5.97 Å². The Morgan fingerprint density at radius 1 is 0.926 bits per heavy atom. The topological polar surface area (TPSA) is 131 Å². The van der Waals surface area contributed by atoms with Crippen LogP contribution in [0.2, 0.25) is 0 Å². The van der Waals surface area contributed by atoms with Crippen molar-refractivity contribution in [3.63, 3.8) is 0 Å². The molecule has 4 aromatic rings. The monoisotopic (exact) mass is 726 g/mol. The van der Waals surface area contributed by atoms with Crippen LogP contribution in [0.3, 0.4) is 0 Å². The molecule has 3 unspecified atom stereocenters. The summed E-state index contributed by atoms with van der Waals surface area (Å²) in [5, 5.41) is 19.8. The van der Waals surface area contributed by atoms with E-state index in [0.717, 1.165) is 63.8 Å². The van der Waals surface area contributed by atoms with Crippen molar-refractivity contribution < 1.29 is 29.1 Å². The lowest BCUT2D eigenvalue weighted by Crippen LogP contribution is -2.38. The predicted molar refractivity (Wildman–Crippen MR) is 211 cm³/mol. The molecule has 10 nitrogen and oxygen atoms in total. The SMILES string of the molecule is CC(=O)O.CCC(=O)ON(C(C)=O)C(CC(=N)C1=CC23CC2(C=C1)N(CC)c1ccc(C(=O)c2ccc(N(C)C)c4ccccc24)cc13)c1ccccc1. The lowest BCUT2D eigenvalue weighted by Gasteiger charge is -2.31. The number of allylic oxidation sites excluding steroid dienone is 2. The number of rotatable bonds is 10. The number of amides is 1. The smallest absolute Gasteiger partial charge is 0.332 e. The zero-order valence-electron chi connectivity index (χ0n) is 31.6. The molecule has 7 rings (SSSR count). The average Bonchev–Trinajstić information content (AvgIpc) is 3.79. The molecule has 1 amide bonds. The molecule has 0 radical (unpaired) electrons. The summed E-state index contributed by atoms with van der Waals surface area (Å²) in [5.74, 6) is -1.78. The number of likely N-dealkylation sites (N-methyl/N-ethyl adjacent to an activating group) is 1. The standard InChI is InChI=1S/C42H42N4O4.C2H4O2/c1-6-39(48)50-46(27(3)47)38(28-13-9-8-10-14-28)24-35(43)30-21-22-42-26-41(42,25-30)34-23-29(17-19-37(34)45(42)7-2)40(49)33-18-20-36(44(4)5)32-16-12-11-15-31(32)33;1-2(3)4/h8-23,25,38,43H,6-7,24,26H2,1-5H3;1H3,(H,3,4). The Labute approximate surface area is 315 Å². The molecule has 1 heterocycles. The highest BCUT2D eigenvalue weighted by molar-refractivity contribution is 6.18. The zero-order chi connectivity index (χ0) is 38.9. The van der Waals surface area contributed by atoms with Gasteiger partial charge in [0.25, 0.3) is 11.9 Å². The first-order valence-electron chi connectivity index (χ1n) is 18.2. The van der Waals surface area contributed by atoms with E-state index in [9.17, 15) is 19.8 Å².